The number of carbonyl (C=O) groups is 1. The number of esters is 1. The molecule has 2 aromatic rings. The van der Waals surface area contributed by atoms with Crippen LogP contribution in [-0.2, 0) is 4.74 Å². The molecule has 0 bridgehead atoms. The first-order chi connectivity index (χ1) is 9.22. The molecule has 0 saturated heterocycles. The van der Waals surface area contributed by atoms with Crippen LogP contribution in [0.2, 0.25) is 0 Å². The third-order valence-electron chi connectivity index (χ3n) is 2.60. The van der Waals surface area contributed by atoms with Gasteiger partial charge in [-0.1, -0.05) is 41.6 Å². The number of benzene rings is 1. The van der Waals surface area contributed by atoms with Gasteiger partial charge in [0.1, 0.15) is 17.0 Å². The van der Waals surface area contributed by atoms with Gasteiger partial charge in [0.25, 0.3) is 0 Å². The van der Waals surface area contributed by atoms with E-state index in [2.05, 4.69) is 5.16 Å². The molecule has 0 saturated carbocycles. The van der Waals surface area contributed by atoms with Crippen LogP contribution in [0.25, 0.3) is 12.2 Å². The van der Waals surface area contributed by atoms with E-state index in [1.165, 1.54) is 0 Å². The molecule has 4 heteroatoms. The van der Waals surface area contributed by atoms with E-state index in [9.17, 15) is 4.79 Å². The lowest BCUT2D eigenvalue weighted by Crippen LogP contribution is -2.06. The van der Waals surface area contributed by atoms with Crippen molar-refractivity contribution in [1.29, 1.82) is 0 Å². The Morgan fingerprint density at radius 1 is 1.32 bits per heavy atom. The predicted octanol–water partition coefficient (Wildman–Crippen LogP) is 3.33. The molecule has 0 fully saturated rings. The Bertz CT molecular complexity index is 585. The van der Waals surface area contributed by atoms with Crippen molar-refractivity contribution in [2.45, 2.75) is 13.8 Å². The predicted molar refractivity (Wildman–Crippen MR) is 72.6 cm³/mol. The molecule has 0 N–H and O–H groups in total. The minimum absolute atomic E-state index is 0.325. The lowest BCUT2D eigenvalue weighted by atomic mass is 10.1. The molecule has 1 aromatic carbocycles. The largest absolute Gasteiger partial charge is 0.462 e. The van der Waals surface area contributed by atoms with Crippen LogP contribution in [-0.4, -0.2) is 17.7 Å². The van der Waals surface area contributed by atoms with Gasteiger partial charge in [-0.2, -0.15) is 0 Å². The summed E-state index contributed by atoms with van der Waals surface area (Å²) in [6.07, 6.45) is 3.62. The number of carbonyl (C=O) groups excluding carboxylic acids is 1. The molecule has 0 unspecified atom stereocenters. The Hall–Kier alpha value is -2.36. The maximum Gasteiger partial charge on any atom is 0.344 e. The summed E-state index contributed by atoms with van der Waals surface area (Å²) in [6.45, 7) is 3.78. The first-order valence-corrected chi connectivity index (χ1v) is 6.09. The first-order valence-electron chi connectivity index (χ1n) is 6.09. The van der Waals surface area contributed by atoms with Crippen molar-refractivity contribution in [2.75, 3.05) is 6.61 Å². The smallest absolute Gasteiger partial charge is 0.344 e. The minimum Gasteiger partial charge on any atom is -0.462 e. The molecular formula is C15H15NO3. The van der Waals surface area contributed by atoms with Crippen molar-refractivity contribution in [1.82, 2.24) is 5.16 Å². The van der Waals surface area contributed by atoms with Crippen LogP contribution in [0.15, 0.2) is 34.9 Å². The Morgan fingerprint density at radius 3 is 2.74 bits per heavy atom. The lowest BCUT2D eigenvalue weighted by Gasteiger charge is -1.99. The van der Waals surface area contributed by atoms with Crippen molar-refractivity contribution in [3.05, 3.63) is 52.9 Å². The molecule has 1 heterocycles. The molecule has 1 aromatic heterocycles. The highest BCUT2D eigenvalue weighted by Gasteiger charge is 2.19. The van der Waals surface area contributed by atoms with Gasteiger partial charge in [0.05, 0.1) is 6.61 Å². The molecule has 0 spiro atoms. The van der Waals surface area contributed by atoms with Crippen molar-refractivity contribution in [3.63, 3.8) is 0 Å². The second-order valence-corrected chi connectivity index (χ2v) is 3.96. The summed E-state index contributed by atoms with van der Waals surface area (Å²) in [6, 6.07) is 9.77. The SMILES string of the molecule is CCOC(=O)c1c(/C=C/c2ccccc2)noc1C. The summed E-state index contributed by atoms with van der Waals surface area (Å²) in [7, 11) is 0. The average molecular weight is 257 g/mol. The molecule has 0 aliphatic heterocycles. The lowest BCUT2D eigenvalue weighted by molar-refractivity contribution is 0.0524. The molecule has 0 atom stereocenters. The maximum absolute atomic E-state index is 11.8. The van der Waals surface area contributed by atoms with E-state index in [4.69, 9.17) is 9.26 Å². The number of hydrogen-bond acceptors (Lipinski definition) is 4. The molecule has 0 radical (unpaired) electrons. The Kier molecular flexibility index (Phi) is 4.13. The topological polar surface area (TPSA) is 52.3 Å². The van der Waals surface area contributed by atoms with Crippen LogP contribution in [0.3, 0.4) is 0 Å². The van der Waals surface area contributed by atoms with Crippen molar-refractivity contribution >= 4 is 18.1 Å². The Balaban J connectivity index is 2.26. The van der Waals surface area contributed by atoms with Gasteiger partial charge in [0, 0.05) is 0 Å². The van der Waals surface area contributed by atoms with Gasteiger partial charge in [0.2, 0.25) is 0 Å². The zero-order valence-corrected chi connectivity index (χ0v) is 10.9. The fraction of sp³-hybridized carbons (Fsp3) is 0.200. The minimum atomic E-state index is -0.408. The van der Waals surface area contributed by atoms with Crippen molar-refractivity contribution in [2.24, 2.45) is 0 Å². The summed E-state index contributed by atoms with van der Waals surface area (Å²) in [5, 5.41) is 3.87. The first kappa shape index (κ1) is 13.1. The van der Waals surface area contributed by atoms with E-state index in [0.29, 0.717) is 23.6 Å². The van der Waals surface area contributed by atoms with Crippen LogP contribution in [0.5, 0.6) is 0 Å². The van der Waals surface area contributed by atoms with Crippen LogP contribution in [0.1, 0.15) is 34.3 Å². The standard InChI is InChI=1S/C15H15NO3/c1-3-18-15(17)14-11(2)19-16-13(14)10-9-12-7-5-4-6-8-12/h4-10H,3H2,1-2H3/b10-9+. The summed E-state index contributed by atoms with van der Waals surface area (Å²) >= 11 is 0. The number of hydrogen-bond donors (Lipinski definition) is 0. The number of rotatable bonds is 4. The van der Waals surface area contributed by atoms with E-state index in [0.717, 1.165) is 5.56 Å². The number of aromatic nitrogens is 1. The quantitative estimate of drug-likeness (QED) is 0.788. The van der Waals surface area contributed by atoms with Gasteiger partial charge in [-0.05, 0) is 25.5 Å². The van der Waals surface area contributed by atoms with Gasteiger partial charge in [-0.25, -0.2) is 4.79 Å². The van der Waals surface area contributed by atoms with Gasteiger partial charge < -0.3 is 9.26 Å². The average Bonchev–Trinajstić information content (AvgIpc) is 2.79. The summed E-state index contributed by atoms with van der Waals surface area (Å²) in [5.41, 5.74) is 1.90. The van der Waals surface area contributed by atoms with Gasteiger partial charge in [-0.3, -0.25) is 0 Å². The third kappa shape index (κ3) is 3.10. The van der Waals surface area contributed by atoms with E-state index in [1.54, 1.807) is 19.9 Å². The van der Waals surface area contributed by atoms with Crippen LogP contribution in [0.4, 0.5) is 0 Å². The number of ether oxygens (including phenoxy) is 1. The highest BCUT2D eigenvalue weighted by molar-refractivity contribution is 5.94. The molecule has 19 heavy (non-hydrogen) atoms. The van der Waals surface area contributed by atoms with E-state index in [1.807, 2.05) is 36.4 Å². The monoisotopic (exact) mass is 257 g/mol. The Morgan fingerprint density at radius 2 is 2.05 bits per heavy atom. The van der Waals surface area contributed by atoms with Gasteiger partial charge >= 0.3 is 5.97 Å². The summed E-state index contributed by atoms with van der Waals surface area (Å²) in [4.78, 5) is 11.8. The number of nitrogens with zero attached hydrogens (tertiary/aromatic N) is 1. The van der Waals surface area contributed by atoms with Crippen LogP contribution < -0.4 is 0 Å². The van der Waals surface area contributed by atoms with E-state index in [-0.39, 0.29) is 0 Å². The fourth-order valence-corrected chi connectivity index (χ4v) is 1.69. The molecule has 0 amide bonds. The molecule has 2 rings (SSSR count). The highest BCUT2D eigenvalue weighted by atomic mass is 16.5. The third-order valence-corrected chi connectivity index (χ3v) is 2.60. The van der Waals surface area contributed by atoms with E-state index >= 15 is 0 Å². The second-order valence-electron chi connectivity index (χ2n) is 3.96. The highest BCUT2D eigenvalue weighted by Crippen LogP contribution is 2.17. The zero-order valence-electron chi connectivity index (χ0n) is 10.9. The summed E-state index contributed by atoms with van der Waals surface area (Å²) in [5.74, 6) is 0.0557. The molecular weight excluding hydrogens is 242 g/mol. The molecule has 4 nitrogen and oxygen atoms in total. The number of aryl methyl sites for hydroxylation is 1. The van der Waals surface area contributed by atoms with E-state index < -0.39 is 5.97 Å². The van der Waals surface area contributed by atoms with Gasteiger partial charge in [-0.15, -0.1) is 0 Å². The van der Waals surface area contributed by atoms with Crippen LogP contribution >= 0.6 is 0 Å². The van der Waals surface area contributed by atoms with Crippen molar-refractivity contribution in [3.8, 4) is 0 Å². The zero-order chi connectivity index (χ0) is 13.7. The maximum atomic E-state index is 11.8. The molecule has 0 aliphatic rings. The van der Waals surface area contributed by atoms with Gasteiger partial charge in [0.15, 0.2) is 0 Å². The Labute approximate surface area is 111 Å². The summed E-state index contributed by atoms with van der Waals surface area (Å²) < 4.78 is 10.0. The molecule has 98 valence electrons. The normalized spacial score (nSPS) is 10.8. The fourth-order valence-electron chi connectivity index (χ4n) is 1.69. The van der Waals surface area contributed by atoms with Crippen LogP contribution in [0, 0.1) is 6.92 Å². The van der Waals surface area contributed by atoms with Crippen molar-refractivity contribution < 1.29 is 14.1 Å². The molecule has 0 aliphatic carbocycles. The second kappa shape index (κ2) is 6.00.